The molecule has 1 saturated carbocycles. The second kappa shape index (κ2) is 5.69. The average molecular weight is 268 g/mol. The van der Waals surface area contributed by atoms with E-state index < -0.39 is 5.97 Å². The first kappa shape index (κ1) is 13.3. The Morgan fingerprint density at radius 3 is 2.67 bits per heavy atom. The monoisotopic (exact) mass is 268 g/mol. The van der Waals surface area contributed by atoms with E-state index in [9.17, 15) is 9.90 Å². The highest BCUT2D eigenvalue weighted by molar-refractivity contribution is 7.17. The number of nitrogens with zero attached hydrogens (tertiary/aromatic N) is 2. The van der Waals surface area contributed by atoms with Crippen LogP contribution in [0.3, 0.4) is 0 Å². The van der Waals surface area contributed by atoms with Crippen LogP contribution in [0.15, 0.2) is 0 Å². The van der Waals surface area contributed by atoms with Crippen molar-refractivity contribution in [2.45, 2.75) is 52.0 Å². The van der Waals surface area contributed by atoms with E-state index >= 15 is 0 Å². The summed E-state index contributed by atoms with van der Waals surface area (Å²) >= 11 is 1.34. The van der Waals surface area contributed by atoms with Crippen molar-refractivity contribution >= 4 is 22.4 Å². The van der Waals surface area contributed by atoms with E-state index in [2.05, 4.69) is 23.7 Å². The number of aromatic nitrogens is 1. The van der Waals surface area contributed by atoms with Crippen LogP contribution < -0.4 is 4.90 Å². The lowest BCUT2D eigenvalue weighted by Crippen LogP contribution is -2.26. The predicted octanol–water partition coefficient (Wildman–Crippen LogP) is 3.17. The molecular weight excluding hydrogens is 248 g/mol. The second-order valence-electron chi connectivity index (χ2n) is 4.75. The molecule has 0 spiro atoms. The Morgan fingerprint density at radius 2 is 2.17 bits per heavy atom. The first-order chi connectivity index (χ1) is 8.67. The van der Waals surface area contributed by atoms with E-state index in [0.29, 0.717) is 10.9 Å². The highest BCUT2D eigenvalue weighted by Gasteiger charge is 2.31. The van der Waals surface area contributed by atoms with Crippen molar-refractivity contribution in [3.05, 3.63) is 10.6 Å². The van der Waals surface area contributed by atoms with Crippen LogP contribution in [0.1, 0.15) is 54.9 Å². The normalized spacial score (nSPS) is 14.8. The van der Waals surface area contributed by atoms with Gasteiger partial charge >= 0.3 is 5.97 Å². The van der Waals surface area contributed by atoms with Crippen LogP contribution in [0.25, 0.3) is 0 Å². The molecule has 100 valence electrons. The van der Waals surface area contributed by atoms with Crippen molar-refractivity contribution in [3.8, 4) is 0 Å². The number of carbonyl (C=O) groups is 1. The van der Waals surface area contributed by atoms with Gasteiger partial charge in [0.1, 0.15) is 4.88 Å². The SMILES string of the molecule is CCCc1nc(N(CCC)C2CC2)sc1C(=O)O. The lowest BCUT2D eigenvalue weighted by atomic mass is 10.2. The van der Waals surface area contributed by atoms with Crippen molar-refractivity contribution in [1.29, 1.82) is 0 Å². The van der Waals surface area contributed by atoms with Gasteiger partial charge in [-0.2, -0.15) is 0 Å². The quantitative estimate of drug-likeness (QED) is 0.825. The van der Waals surface area contributed by atoms with E-state index in [1.54, 1.807) is 0 Å². The number of thiazole rings is 1. The van der Waals surface area contributed by atoms with Gasteiger partial charge in [-0.15, -0.1) is 0 Å². The molecule has 4 nitrogen and oxygen atoms in total. The molecule has 1 aliphatic carbocycles. The number of aryl methyl sites for hydroxylation is 1. The zero-order valence-electron chi connectivity index (χ0n) is 11.0. The van der Waals surface area contributed by atoms with E-state index in [0.717, 1.165) is 36.6 Å². The summed E-state index contributed by atoms with van der Waals surface area (Å²) in [5.41, 5.74) is 0.756. The Balaban J connectivity index is 2.26. The van der Waals surface area contributed by atoms with Gasteiger partial charge in [0.2, 0.25) is 0 Å². The summed E-state index contributed by atoms with van der Waals surface area (Å²) in [5.74, 6) is -0.838. The molecule has 0 aromatic carbocycles. The topological polar surface area (TPSA) is 53.4 Å². The Hall–Kier alpha value is -1.10. The minimum atomic E-state index is -0.838. The molecule has 1 aromatic heterocycles. The molecule has 1 heterocycles. The van der Waals surface area contributed by atoms with Crippen LogP contribution in [0, 0.1) is 0 Å². The van der Waals surface area contributed by atoms with Crippen molar-refractivity contribution < 1.29 is 9.90 Å². The van der Waals surface area contributed by atoms with Crippen molar-refractivity contribution in [2.75, 3.05) is 11.4 Å². The highest BCUT2D eigenvalue weighted by atomic mass is 32.1. The summed E-state index contributed by atoms with van der Waals surface area (Å²) in [4.78, 5) is 18.5. The first-order valence-electron chi connectivity index (χ1n) is 6.67. The number of carboxylic acid groups (broad SMARTS) is 1. The third kappa shape index (κ3) is 2.83. The summed E-state index contributed by atoms with van der Waals surface area (Å²) in [7, 11) is 0. The van der Waals surface area contributed by atoms with Gasteiger partial charge in [-0.05, 0) is 25.7 Å². The Bertz CT molecular complexity index is 427. The number of carboxylic acids is 1. The van der Waals surface area contributed by atoms with Crippen molar-refractivity contribution in [2.24, 2.45) is 0 Å². The standard InChI is InChI=1S/C13H20N2O2S/c1-3-5-10-11(12(16)17)18-13(14-10)15(8-4-2)9-6-7-9/h9H,3-8H2,1-2H3,(H,16,17). The molecule has 0 aliphatic heterocycles. The summed E-state index contributed by atoms with van der Waals surface area (Å²) in [6.07, 6.45) is 5.18. The lowest BCUT2D eigenvalue weighted by molar-refractivity contribution is 0.0700. The summed E-state index contributed by atoms with van der Waals surface area (Å²) < 4.78 is 0. The average Bonchev–Trinajstić information content (AvgIpc) is 3.07. The number of hydrogen-bond acceptors (Lipinski definition) is 4. The van der Waals surface area contributed by atoms with Gasteiger partial charge in [-0.25, -0.2) is 9.78 Å². The molecule has 0 atom stereocenters. The minimum absolute atomic E-state index is 0.425. The van der Waals surface area contributed by atoms with E-state index in [4.69, 9.17) is 0 Å². The number of aromatic carboxylic acids is 1. The maximum atomic E-state index is 11.2. The third-order valence-corrected chi connectivity index (χ3v) is 4.19. The molecule has 1 N–H and O–H groups in total. The Morgan fingerprint density at radius 1 is 1.44 bits per heavy atom. The van der Waals surface area contributed by atoms with Crippen LogP contribution in [0.2, 0.25) is 0 Å². The smallest absolute Gasteiger partial charge is 0.347 e. The Kier molecular flexibility index (Phi) is 4.22. The molecule has 0 unspecified atom stereocenters. The lowest BCUT2D eigenvalue weighted by Gasteiger charge is -2.20. The molecular formula is C13H20N2O2S. The van der Waals surface area contributed by atoms with Crippen LogP contribution in [-0.2, 0) is 6.42 Å². The second-order valence-corrected chi connectivity index (χ2v) is 5.73. The van der Waals surface area contributed by atoms with Crippen LogP contribution in [0.4, 0.5) is 5.13 Å². The molecule has 0 saturated heterocycles. The first-order valence-corrected chi connectivity index (χ1v) is 7.48. The van der Waals surface area contributed by atoms with Gasteiger partial charge in [0.05, 0.1) is 5.69 Å². The van der Waals surface area contributed by atoms with Crippen LogP contribution >= 0.6 is 11.3 Å². The van der Waals surface area contributed by atoms with Crippen LogP contribution in [-0.4, -0.2) is 28.6 Å². The fourth-order valence-electron chi connectivity index (χ4n) is 2.10. The molecule has 0 radical (unpaired) electrons. The molecule has 5 heteroatoms. The van der Waals surface area contributed by atoms with E-state index in [-0.39, 0.29) is 0 Å². The Labute approximate surface area is 112 Å². The molecule has 1 fully saturated rings. The fraction of sp³-hybridized carbons (Fsp3) is 0.692. The minimum Gasteiger partial charge on any atom is -0.477 e. The fourth-order valence-corrected chi connectivity index (χ4v) is 3.15. The maximum Gasteiger partial charge on any atom is 0.347 e. The number of anilines is 1. The van der Waals surface area contributed by atoms with Gasteiger partial charge in [-0.3, -0.25) is 0 Å². The van der Waals surface area contributed by atoms with Crippen molar-refractivity contribution in [1.82, 2.24) is 4.98 Å². The molecule has 0 amide bonds. The summed E-state index contributed by atoms with van der Waals surface area (Å²) in [5, 5.41) is 10.1. The van der Waals surface area contributed by atoms with Crippen molar-refractivity contribution in [3.63, 3.8) is 0 Å². The summed E-state index contributed by atoms with van der Waals surface area (Å²) in [6.45, 7) is 5.17. The molecule has 18 heavy (non-hydrogen) atoms. The molecule has 1 aliphatic rings. The van der Waals surface area contributed by atoms with Gasteiger partial charge in [-0.1, -0.05) is 31.6 Å². The highest BCUT2D eigenvalue weighted by Crippen LogP contribution is 2.35. The maximum absolute atomic E-state index is 11.2. The van der Waals surface area contributed by atoms with Gasteiger partial charge in [0, 0.05) is 12.6 Å². The van der Waals surface area contributed by atoms with Gasteiger partial charge in [0.15, 0.2) is 5.13 Å². The number of hydrogen-bond donors (Lipinski definition) is 1. The van der Waals surface area contributed by atoms with Gasteiger partial charge in [0.25, 0.3) is 0 Å². The zero-order chi connectivity index (χ0) is 13.1. The molecule has 1 aromatic rings. The molecule has 0 bridgehead atoms. The van der Waals surface area contributed by atoms with Crippen LogP contribution in [0.5, 0.6) is 0 Å². The summed E-state index contributed by atoms with van der Waals surface area (Å²) in [6, 6.07) is 0.590. The van der Waals surface area contributed by atoms with Gasteiger partial charge < -0.3 is 10.0 Å². The van der Waals surface area contributed by atoms with E-state index in [1.165, 1.54) is 24.2 Å². The van der Waals surface area contributed by atoms with E-state index in [1.807, 2.05) is 0 Å². The largest absolute Gasteiger partial charge is 0.477 e. The predicted molar refractivity (Wildman–Crippen MR) is 73.7 cm³/mol. The third-order valence-electron chi connectivity index (χ3n) is 3.06. The zero-order valence-corrected chi connectivity index (χ0v) is 11.8. The molecule has 2 rings (SSSR count). The number of rotatable bonds is 7.